The number of benzene rings is 1. The zero-order valence-electron chi connectivity index (χ0n) is 12.9. The smallest absolute Gasteiger partial charge is 0.220 e. The molecule has 21 heavy (non-hydrogen) atoms. The van der Waals surface area contributed by atoms with Crippen LogP contribution in [0.3, 0.4) is 0 Å². The lowest BCUT2D eigenvalue weighted by molar-refractivity contribution is -0.121. The Bertz CT molecular complexity index is 442. The molecule has 4 heteroatoms. The van der Waals surface area contributed by atoms with Crippen molar-refractivity contribution < 1.29 is 9.53 Å². The molecule has 0 unspecified atom stereocenters. The lowest BCUT2D eigenvalue weighted by Gasteiger charge is -2.27. The van der Waals surface area contributed by atoms with Gasteiger partial charge in [-0.3, -0.25) is 9.69 Å². The van der Waals surface area contributed by atoms with Gasteiger partial charge in [-0.05, 0) is 17.5 Å². The van der Waals surface area contributed by atoms with Crippen molar-refractivity contribution >= 4 is 5.91 Å². The highest BCUT2D eigenvalue weighted by Crippen LogP contribution is 2.13. The van der Waals surface area contributed by atoms with Gasteiger partial charge in [0.1, 0.15) is 0 Å². The maximum absolute atomic E-state index is 11.7. The van der Waals surface area contributed by atoms with Crippen molar-refractivity contribution in [2.75, 3.05) is 26.3 Å². The van der Waals surface area contributed by atoms with E-state index in [1.165, 1.54) is 11.1 Å². The maximum Gasteiger partial charge on any atom is 0.220 e. The van der Waals surface area contributed by atoms with Crippen molar-refractivity contribution in [2.24, 2.45) is 0 Å². The Kier molecular flexibility index (Phi) is 6.70. The summed E-state index contributed by atoms with van der Waals surface area (Å²) in [7, 11) is 0. The first-order chi connectivity index (χ1) is 10.3. The fourth-order valence-electron chi connectivity index (χ4n) is 2.50. The first-order valence-corrected chi connectivity index (χ1v) is 7.93. The van der Waals surface area contributed by atoms with Gasteiger partial charge in [-0.25, -0.2) is 0 Å². The highest BCUT2D eigenvalue weighted by atomic mass is 16.5. The molecule has 1 aliphatic heterocycles. The zero-order chi connectivity index (χ0) is 14.9. The van der Waals surface area contributed by atoms with Crippen molar-refractivity contribution in [2.45, 2.75) is 39.3 Å². The van der Waals surface area contributed by atoms with Crippen LogP contribution in [0.2, 0.25) is 0 Å². The van der Waals surface area contributed by atoms with Crippen LogP contribution in [0.15, 0.2) is 24.3 Å². The summed E-state index contributed by atoms with van der Waals surface area (Å²) in [5, 5.41) is 3.03. The molecule has 1 heterocycles. The standard InChI is InChI=1S/C17H26N2O2/c1-2-3-8-17(20)18-13-15-6-4-5-7-16(15)14-19-9-11-21-12-10-19/h4-7H,2-3,8-14H2,1H3,(H,18,20). The second kappa shape index (κ2) is 8.80. The molecule has 1 aromatic rings. The minimum absolute atomic E-state index is 0.151. The molecule has 0 radical (unpaired) electrons. The van der Waals surface area contributed by atoms with Gasteiger partial charge in [0.2, 0.25) is 5.91 Å². The van der Waals surface area contributed by atoms with E-state index in [9.17, 15) is 4.79 Å². The fourth-order valence-corrected chi connectivity index (χ4v) is 2.50. The third-order valence-corrected chi connectivity index (χ3v) is 3.85. The number of morpholine rings is 1. The Morgan fingerprint density at radius 3 is 2.67 bits per heavy atom. The van der Waals surface area contributed by atoms with E-state index in [0.717, 1.165) is 45.7 Å². The van der Waals surface area contributed by atoms with Crippen LogP contribution in [0, 0.1) is 0 Å². The van der Waals surface area contributed by atoms with Crippen LogP contribution in [0.1, 0.15) is 37.3 Å². The Morgan fingerprint density at radius 2 is 1.95 bits per heavy atom. The fraction of sp³-hybridized carbons (Fsp3) is 0.588. The Hall–Kier alpha value is -1.39. The quantitative estimate of drug-likeness (QED) is 0.838. The average Bonchev–Trinajstić information content (AvgIpc) is 2.53. The van der Waals surface area contributed by atoms with Gasteiger partial charge in [-0.2, -0.15) is 0 Å². The van der Waals surface area contributed by atoms with Gasteiger partial charge in [0.05, 0.1) is 13.2 Å². The SMILES string of the molecule is CCCCC(=O)NCc1ccccc1CN1CCOCC1. The molecule has 1 aromatic carbocycles. The molecular formula is C17H26N2O2. The van der Waals surface area contributed by atoms with E-state index in [-0.39, 0.29) is 5.91 Å². The average molecular weight is 290 g/mol. The van der Waals surface area contributed by atoms with E-state index in [4.69, 9.17) is 4.74 Å². The molecule has 0 aliphatic carbocycles. The number of carbonyl (C=O) groups is 1. The van der Waals surface area contributed by atoms with Gasteiger partial charge in [0, 0.05) is 32.6 Å². The molecule has 1 N–H and O–H groups in total. The molecule has 1 saturated heterocycles. The van der Waals surface area contributed by atoms with Crippen LogP contribution in [0.4, 0.5) is 0 Å². The normalized spacial score (nSPS) is 15.9. The number of nitrogens with zero attached hydrogens (tertiary/aromatic N) is 1. The van der Waals surface area contributed by atoms with Gasteiger partial charge in [0.25, 0.3) is 0 Å². The predicted octanol–water partition coefficient (Wildman–Crippen LogP) is 2.33. The lowest BCUT2D eigenvalue weighted by Crippen LogP contribution is -2.36. The van der Waals surface area contributed by atoms with E-state index < -0.39 is 0 Å². The molecule has 4 nitrogen and oxygen atoms in total. The number of nitrogens with one attached hydrogen (secondary N) is 1. The molecule has 0 spiro atoms. The van der Waals surface area contributed by atoms with E-state index in [0.29, 0.717) is 13.0 Å². The number of carbonyl (C=O) groups excluding carboxylic acids is 1. The Balaban J connectivity index is 1.88. The molecule has 0 saturated carbocycles. The van der Waals surface area contributed by atoms with Gasteiger partial charge in [-0.1, -0.05) is 37.6 Å². The Labute approximate surface area is 127 Å². The Morgan fingerprint density at radius 1 is 1.24 bits per heavy atom. The molecule has 0 aromatic heterocycles. The van der Waals surface area contributed by atoms with Crippen LogP contribution in [0.5, 0.6) is 0 Å². The molecule has 1 amide bonds. The van der Waals surface area contributed by atoms with Gasteiger partial charge < -0.3 is 10.1 Å². The number of unbranched alkanes of at least 4 members (excludes halogenated alkanes) is 1. The predicted molar refractivity (Wildman–Crippen MR) is 83.9 cm³/mol. The number of amides is 1. The minimum Gasteiger partial charge on any atom is -0.379 e. The second-order valence-corrected chi connectivity index (χ2v) is 5.54. The molecule has 116 valence electrons. The monoisotopic (exact) mass is 290 g/mol. The number of hydrogen-bond donors (Lipinski definition) is 1. The van der Waals surface area contributed by atoms with Crippen molar-refractivity contribution in [3.63, 3.8) is 0 Å². The number of ether oxygens (including phenoxy) is 1. The van der Waals surface area contributed by atoms with Crippen molar-refractivity contribution in [1.82, 2.24) is 10.2 Å². The van der Waals surface area contributed by atoms with E-state index >= 15 is 0 Å². The molecule has 0 bridgehead atoms. The summed E-state index contributed by atoms with van der Waals surface area (Å²) in [6.45, 7) is 7.26. The summed E-state index contributed by atoms with van der Waals surface area (Å²) in [4.78, 5) is 14.1. The molecule has 1 fully saturated rings. The third-order valence-electron chi connectivity index (χ3n) is 3.85. The largest absolute Gasteiger partial charge is 0.379 e. The van der Waals surface area contributed by atoms with E-state index in [1.807, 2.05) is 6.07 Å². The van der Waals surface area contributed by atoms with Crippen molar-refractivity contribution in [1.29, 1.82) is 0 Å². The van der Waals surface area contributed by atoms with Crippen LogP contribution in [-0.4, -0.2) is 37.1 Å². The first-order valence-electron chi connectivity index (χ1n) is 7.93. The highest BCUT2D eigenvalue weighted by Gasteiger charge is 2.12. The van der Waals surface area contributed by atoms with Crippen molar-refractivity contribution in [3.8, 4) is 0 Å². The van der Waals surface area contributed by atoms with Gasteiger partial charge >= 0.3 is 0 Å². The summed E-state index contributed by atoms with van der Waals surface area (Å²) in [6, 6.07) is 8.37. The van der Waals surface area contributed by atoms with Crippen molar-refractivity contribution in [3.05, 3.63) is 35.4 Å². The van der Waals surface area contributed by atoms with Crippen LogP contribution in [-0.2, 0) is 22.6 Å². The van der Waals surface area contributed by atoms with Crippen LogP contribution < -0.4 is 5.32 Å². The third kappa shape index (κ3) is 5.48. The summed E-state index contributed by atoms with van der Waals surface area (Å²) < 4.78 is 5.39. The zero-order valence-corrected chi connectivity index (χ0v) is 12.9. The molecular weight excluding hydrogens is 264 g/mol. The van der Waals surface area contributed by atoms with Crippen LogP contribution in [0.25, 0.3) is 0 Å². The molecule has 2 rings (SSSR count). The summed E-state index contributed by atoms with van der Waals surface area (Å²) in [6.07, 6.45) is 2.64. The summed E-state index contributed by atoms with van der Waals surface area (Å²) >= 11 is 0. The lowest BCUT2D eigenvalue weighted by atomic mass is 10.1. The van der Waals surface area contributed by atoms with Gasteiger partial charge in [0.15, 0.2) is 0 Å². The molecule has 0 atom stereocenters. The second-order valence-electron chi connectivity index (χ2n) is 5.54. The van der Waals surface area contributed by atoms with Crippen LogP contribution >= 0.6 is 0 Å². The van der Waals surface area contributed by atoms with Gasteiger partial charge in [-0.15, -0.1) is 0 Å². The topological polar surface area (TPSA) is 41.6 Å². The summed E-state index contributed by atoms with van der Waals surface area (Å²) in [5.41, 5.74) is 2.52. The molecule has 1 aliphatic rings. The number of rotatable bonds is 7. The maximum atomic E-state index is 11.7. The number of hydrogen-bond acceptors (Lipinski definition) is 3. The van der Waals surface area contributed by atoms with E-state index in [2.05, 4.69) is 35.3 Å². The van der Waals surface area contributed by atoms with E-state index in [1.54, 1.807) is 0 Å². The highest BCUT2D eigenvalue weighted by molar-refractivity contribution is 5.75. The first kappa shape index (κ1) is 16.0. The minimum atomic E-state index is 0.151. The summed E-state index contributed by atoms with van der Waals surface area (Å²) in [5.74, 6) is 0.151.